The Labute approximate surface area is 135 Å². The lowest BCUT2D eigenvalue weighted by atomic mass is 10.1. The summed E-state index contributed by atoms with van der Waals surface area (Å²) >= 11 is 0. The first-order valence-corrected chi connectivity index (χ1v) is 8.08. The third-order valence-electron chi connectivity index (χ3n) is 2.59. The van der Waals surface area contributed by atoms with Crippen LogP contribution >= 0.6 is 0 Å². The molecule has 0 saturated heterocycles. The fourth-order valence-electron chi connectivity index (χ4n) is 1.53. The number of amides is 1. The molecular weight excluding hydrogens is 327 g/mol. The minimum absolute atomic E-state index is 0.171. The number of benzene rings is 1. The molecule has 1 aromatic carbocycles. The molecule has 7 nitrogen and oxygen atoms in total. The molecule has 1 amide bonds. The predicted octanol–water partition coefficient (Wildman–Crippen LogP) is 0.737. The van der Waals surface area contributed by atoms with Gasteiger partial charge < -0.3 is 20.0 Å². The van der Waals surface area contributed by atoms with E-state index < -0.39 is 16.5 Å². The Morgan fingerprint density at radius 2 is 1.83 bits per heavy atom. The summed E-state index contributed by atoms with van der Waals surface area (Å²) in [5.41, 5.74) is 5.17. The highest BCUT2D eigenvalue weighted by Gasteiger charge is 2.15. The van der Waals surface area contributed by atoms with E-state index in [2.05, 4.69) is 15.2 Å². The van der Waals surface area contributed by atoms with Gasteiger partial charge in [-0.2, -0.15) is 8.42 Å². The number of hydrogen-bond donors (Lipinski definition) is 2. The van der Waals surface area contributed by atoms with Gasteiger partial charge in [-0.1, -0.05) is 29.9 Å². The normalized spacial score (nSPS) is 11.9. The van der Waals surface area contributed by atoms with Crippen LogP contribution in [0.25, 0.3) is 0 Å². The highest BCUT2D eigenvalue weighted by atomic mass is 32.3. The van der Waals surface area contributed by atoms with Crippen LogP contribution in [-0.2, 0) is 26.5 Å². The Balaban J connectivity index is 0.00000232. The maximum absolute atomic E-state index is 12.3. The smallest absolute Gasteiger partial charge is 0.358 e. The van der Waals surface area contributed by atoms with Crippen molar-refractivity contribution in [3.05, 3.63) is 29.8 Å². The maximum atomic E-state index is 12.3. The van der Waals surface area contributed by atoms with Crippen LogP contribution < -0.4 is 15.2 Å². The average Bonchev–Trinajstić information content (AvgIpc) is 2.48. The summed E-state index contributed by atoms with van der Waals surface area (Å²) in [6.45, 7) is 3.42. The summed E-state index contributed by atoms with van der Waals surface area (Å²) in [5.74, 6) is -0.649. The van der Waals surface area contributed by atoms with Crippen molar-refractivity contribution >= 4 is 22.7 Å². The van der Waals surface area contributed by atoms with Crippen LogP contribution in [0, 0.1) is 5.92 Å². The minimum Gasteiger partial charge on any atom is -0.358 e. The van der Waals surface area contributed by atoms with Gasteiger partial charge in [0.05, 0.1) is 6.04 Å². The van der Waals surface area contributed by atoms with Gasteiger partial charge in [-0.15, -0.1) is 0 Å². The van der Waals surface area contributed by atoms with Crippen LogP contribution in [0.15, 0.2) is 24.3 Å². The summed E-state index contributed by atoms with van der Waals surface area (Å²) in [5, 5.41) is 2.57. The minimum atomic E-state index is -5.06. The zero-order valence-electron chi connectivity index (χ0n) is 13.2. The molecule has 1 aromatic rings. The first-order chi connectivity index (χ1) is 10.7. The van der Waals surface area contributed by atoms with E-state index >= 15 is 0 Å². The van der Waals surface area contributed by atoms with E-state index in [-0.39, 0.29) is 24.0 Å². The first kappa shape index (κ1) is 21.0. The van der Waals surface area contributed by atoms with Crippen LogP contribution in [0.3, 0.4) is 0 Å². The lowest BCUT2D eigenvalue weighted by Crippen LogP contribution is -2.39. The molecular formula is C14H21FN2O5S. The van der Waals surface area contributed by atoms with Gasteiger partial charge >= 0.3 is 10.5 Å². The van der Waals surface area contributed by atoms with Gasteiger partial charge in [-0.25, -0.2) is 0 Å². The van der Waals surface area contributed by atoms with E-state index in [1.54, 1.807) is 13.8 Å². The molecule has 0 aliphatic carbocycles. The fourth-order valence-corrected chi connectivity index (χ4v) is 1.87. The second-order valence-corrected chi connectivity index (χ2v) is 5.68. The zero-order chi connectivity index (χ0) is 18.0. The van der Waals surface area contributed by atoms with Crippen LogP contribution in [0.4, 0.5) is 3.89 Å². The molecule has 0 radical (unpaired) electrons. The highest BCUT2D eigenvalue weighted by molar-refractivity contribution is 7.81. The van der Waals surface area contributed by atoms with Crippen molar-refractivity contribution in [2.45, 2.75) is 26.3 Å². The summed E-state index contributed by atoms with van der Waals surface area (Å²) < 4.78 is 37.0. The quantitative estimate of drug-likeness (QED) is 0.554. The molecule has 1 unspecified atom stereocenters. The Morgan fingerprint density at radius 3 is 2.22 bits per heavy atom. The number of hydrogen-bond acceptors (Lipinski definition) is 6. The van der Waals surface area contributed by atoms with Crippen molar-refractivity contribution in [1.82, 2.24) is 5.32 Å². The molecule has 1 rings (SSSR count). The van der Waals surface area contributed by atoms with Crippen molar-refractivity contribution in [3.63, 3.8) is 0 Å². The van der Waals surface area contributed by atoms with E-state index in [0.29, 0.717) is 11.8 Å². The number of rotatable bonds is 7. The first-order valence-electron chi connectivity index (χ1n) is 6.77. The van der Waals surface area contributed by atoms with E-state index in [1.165, 1.54) is 31.3 Å². The number of nitrogens with one attached hydrogen (secondary N) is 1. The van der Waals surface area contributed by atoms with Gasteiger partial charge in [-0.3, -0.25) is 4.79 Å². The molecule has 0 aliphatic heterocycles. The number of carbonyl (C=O) groups is 2. The number of halogens is 1. The Bertz CT molecular complexity index is 602. The molecule has 23 heavy (non-hydrogen) atoms. The second kappa shape index (κ2) is 9.90. The molecule has 0 aromatic heterocycles. The lowest BCUT2D eigenvalue weighted by molar-refractivity contribution is -0.126. The number of carbonyl (C=O) groups excluding carboxylic acids is 2. The van der Waals surface area contributed by atoms with Crippen molar-refractivity contribution < 1.29 is 26.1 Å². The van der Waals surface area contributed by atoms with Crippen LogP contribution in [0.2, 0.25) is 0 Å². The Hall–Kier alpha value is -2.00. The van der Waals surface area contributed by atoms with Gasteiger partial charge in [0.2, 0.25) is 5.91 Å². The van der Waals surface area contributed by atoms with Crippen LogP contribution in [0.1, 0.15) is 19.4 Å². The summed E-state index contributed by atoms with van der Waals surface area (Å²) in [6.07, 6.45) is 0.862. The maximum Gasteiger partial charge on any atom is 0.488 e. The lowest BCUT2D eigenvalue weighted by Gasteiger charge is -2.14. The largest absolute Gasteiger partial charge is 0.488 e. The molecule has 0 heterocycles. The van der Waals surface area contributed by atoms with Gasteiger partial charge in [0.15, 0.2) is 0 Å². The van der Waals surface area contributed by atoms with Gasteiger partial charge in [0.25, 0.3) is 0 Å². The molecule has 130 valence electrons. The molecule has 0 fully saturated rings. The van der Waals surface area contributed by atoms with Gasteiger partial charge in [0.1, 0.15) is 12.0 Å². The number of nitrogens with two attached hydrogens (primary N) is 1. The monoisotopic (exact) mass is 348 g/mol. The SMILES string of the molecule is CC(C)C(=O)NC(C=O)Cc1ccc(OS(=O)(=O)F)cc1.CN. The van der Waals surface area contributed by atoms with Crippen molar-refractivity contribution in [2.24, 2.45) is 11.7 Å². The van der Waals surface area contributed by atoms with Crippen molar-refractivity contribution in [1.29, 1.82) is 0 Å². The third kappa shape index (κ3) is 8.89. The predicted molar refractivity (Wildman–Crippen MR) is 83.7 cm³/mol. The highest BCUT2D eigenvalue weighted by Crippen LogP contribution is 2.15. The molecule has 0 aliphatic rings. The van der Waals surface area contributed by atoms with Crippen LogP contribution in [-0.4, -0.2) is 33.7 Å². The second-order valence-electron chi connectivity index (χ2n) is 4.73. The van der Waals surface area contributed by atoms with Gasteiger partial charge in [-0.05, 0) is 31.2 Å². The van der Waals surface area contributed by atoms with Gasteiger partial charge in [0, 0.05) is 5.92 Å². The zero-order valence-corrected chi connectivity index (χ0v) is 14.0. The fraction of sp³-hybridized carbons (Fsp3) is 0.429. The van der Waals surface area contributed by atoms with E-state index in [4.69, 9.17) is 0 Å². The van der Waals surface area contributed by atoms with E-state index in [1.807, 2.05) is 0 Å². The molecule has 0 saturated carbocycles. The van der Waals surface area contributed by atoms with E-state index in [0.717, 1.165) is 0 Å². The third-order valence-corrected chi connectivity index (χ3v) is 2.98. The molecule has 0 bridgehead atoms. The summed E-state index contributed by atoms with van der Waals surface area (Å²) in [4.78, 5) is 22.5. The molecule has 1 atom stereocenters. The molecule has 3 N–H and O–H groups in total. The number of aldehydes is 1. The molecule has 9 heteroatoms. The Morgan fingerprint density at radius 1 is 1.30 bits per heavy atom. The molecule has 0 spiro atoms. The standard InChI is InChI=1S/C13H16FNO5S.CH5N/c1-9(2)13(17)15-11(8-16)7-10-3-5-12(6-4-10)20-21(14,18)19;1-2/h3-6,8-9,11H,7H2,1-2H3,(H,15,17);2H2,1H3. The topological polar surface area (TPSA) is 116 Å². The Kier molecular flexibility index (Phi) is 9.04. The van der Waals surface area contributed by atoms with E-state index in [9.17, 15) is 21.9 Å². The summed E-state index contributed by atoms with van der Waals surface area (Å²) in [7, 11) is -3.56. The summed E-state index contributed by atoms with van der Waals surface area (Å²) in [6, 6.07) is 4.81. The van der Waals surface area contributed by atoms with Crippen LogP contribution in [0.5, 0.6) is 5.75 Å². The van der Waals surface area contributed by atoms with Crippen molar-refractivity contribution in [3.8, 4) is 5.75 Å². The van der Waals surface area contributed by atoms with Crippen molar-refractivity contribution in [2.75, 3.05) is 7.05 Å². The average molecular weight is 348 g/mol.